The van der Waals surface area contributed by atoms with E-state index in [1.54, 1.807) is 18.4 Å². The van der Waals surface area contributed by atoms with Crippen LogP contribution in [0.25, 0.3) is 0 Å². The van der Waals surface area contributed by atoms with E-state index in [0.29, 0.717) is 5.75 Å². The molecule has 0 aliphatic rings. The van der Waals surface area contributed by atoms with Gasteiger partial charge in [-0.15, -0.1) is 11.3 Å². The number of amides is 1. The van der Waals surface area contributed by atoms with Crippen LogP contribution in [-0.4, -0.2) is 24.5 Å². The molecule has 0 aliphatic carbocycles. The van der Waals surface area contributed by atoms with Crippen molar-refractivity contribution in [2.45, 2.75) is 19.9 Å². The first-order valence-electron chi connectivity index (χ1n) is 6.70. The van der Waals surface area contributed by atoms with Crippen molar-refractivity contribution in [2.75, 3.05) is 19.0 Å². The molecule has 1 amide bonds. The number of nitrogens with one attached hydrogen (secondary N) is 2. The maximum absolute atomic E-state index is 11.2. The summed E-state index contributed by atoms with van der Waals surface area (Å²) in [5.41, 5.74) is 1.96. The lowest BCUT2D eigenvalue weighted by Gasteiger charge is -2.14. The molecular weight excluding hydrogens is 286 g/mol. The standard InChI is InChI=1S/C15H19N3O2S/c1-10(14-9-21-11(2)18-14)17-12-5-4-6-13(7-12)20-8-15(19)16-3/h4-7,9-10,17H,8H2,1-3H3,(H,16,19). The van der Waals surface area contributed by atoms with E-state index in [2.05, 4.69) is 27.9 Å². The van der Waals surface area contributed by atoms with E-state index in [4.69, 9.17) is 4.74 Å². The molecule has 21 heavy (non-hydrogen) atoms. The van der Waals surface area contributed by atoms with Crippen molar-refractivity contribution in [1.29, 1.82) is 0 Å². The smallest absolute Gasteiger partial charge is 0.257 e. The average Bonchev–Trinajstić information content (AvgIpc) is 2.92. The number of benzene rings is 1. The van der Waals surface area contributed by atoms with Gasteiger partial charge in [0.1, 0.15) is 5.75 Å². The van der Waals surface area contributed by atoms with Gasteiger partial charge >= 0.3 is 0 Å². The molecular formula is C15H19N3O2S. The van der Waals surface area contributed by atoms with Crippen molar-refractivity contribution >= 4 is 22.9 Å². The largest absolute Gasteiger partial charge is 0.484 e. The Bertz CT molecular complexity index is 612. The van der Waals surface area contributed by atoms with Gasteiger partial charge in [0.25, 0.3) is 5.91 Å². The van der Waals surface area contributed by atoms with E-state index >= 15 is 0 Å². The molecule has 0 aliphatic heterocycles. The highest BCUT2D eigenvalue weighted by molar-refractivity contribution is 7.09. The van der Waals surface area contributed by atoms with Gasteiger partial charge in [-0.25, -0.2) is 4.98 Å². The number of hydrogen-bond acceptors (Lipinski definition) is 5. The van der Waals surface area contributed by atoms with Crippen LogP contribution in [0.1, 0.15) is 23.7 Å². The number of carbonyl (C=O) groups excluding carboxylic acids is 1. The Hall–Kier alpha value is -2.08. The third-order valence-corrected chi connectivity index (χ3v) is 3.74. The second kappa shape index (κ2) is 7.08. The van der Waals surface area contributed by atoms with Crippen LogP contribution in [0.5, 0.6) is 5.75 Å². The molecule has 2 rings (SSSR count). The van der Waals surface area contributed by atoms with Crippen LogP contribution in [0, 0.1) is 6.92 Å². The molecule has 2 N–H and O–H groups in total. The van der Waals surface area contributed by atoms with Crippen LogP contribution < -0.4 is 15.4 Å². The van der Waals surface area contributed by atoms with E-state index in [1.807, 2.05) is 31.2 Å². The Labute approximate surface area is 128 Å². The average molecular weight is 305 g/mol. The minimum atomic E-state index is -0.153. The van der Waals surface area contributed by atoms with Gasteiger partial charge in [-0.2, -0.15) is 0 Å². The van der Waals surface area contributed by atoms with Crippen LogP contribution >= 0.6 is 11.3 Å². The van der Waals surface area contributed by atoms with Crippen LogP contribution in [0.4, 0.5) is 5.69 Å². The van der Waals surface area contributed by atoms with E-state index in [9.17, 15) is 4.79 Å². The van der Waals surface area contributed by atoms with Gasteiger partial charge in [0.2, 0.25) is 0 Å². The highest BCUT2D eigenvalue weighted by Gasteiger charge is 2.09. The Morgan fingerprint density at radius 1 is 1.48 bits per heavy atom. The van der Waals surface area contributed by atoms with Gasteiger partial charge in [-0.1, -0.05) is 6.07 Å². The van der Waals surface area contributed by atoms with Crippen molar-refractivity contribution in [3.8, 4) is 5.75 Å². The summed E-state index contributed by atoms with van der Waals surface area (Å²) in [6.45, 7) is 4.07. The maximum atomic E-state index is 11.2. The van der Waals surface area contributed by atoms with Crippen LogP contribution in [0.3, 0.4) is 0 Å². The fourth-order valence-corrected chi connectivity index (χ4v) is 2.51. The molecule has 1 atom stereocenters. The Kier molecular flexibility index (Phi) is 5.16. The summed E-state index contributed by atoms with van der Waals surface area (Å²) < 4.78 is 5.43. The predicted octanol–water partition coefficient (Wildman–Crippen LogP) is 2.75. The monoisotopic (exact) mass is 305 g/mol. The summed E-state index contributed by atoms with van der Waals surface area (Å²) in [6, 6.07) is 7.66. The number of aromatic nitrogens is 1. The quantitative estimate of drug-likeness (QED) is 0.861. The first kappa shape index (κ1) is 15.3. The fourth-order valence-electron chi connectivity index (χ4n) is 1.80. The minimum absolute atomic E-state index is 0.0147. The number of rotatable bonds is 6. The first-order valence-corrected chi connectivity index (χ1v) is 7.58. The number of ether oxygens (including phenoxy) is 1. The summed E-state index contributed by atoms with van der Waals surface area (Å²) in [4.78, 5) is 15.6. The molecule has 2 aromatic rings. The molecule has 1 aromatic heterocycles. The predicted molar refractivity (Wildman–Crippen MR) is 84.9 cm³/mol. The molecule has 1 aromatic carbocycles. The highest BCUT2D eigenvalue weighted by atomic mass is 32.1. The fraction of sp³-hybridized carbons (Fsp3) is 0.333. The van der Waals surface area contributed by atoms with E-state index in [0.717, 1.165) is 16.4 Å². The number of thiazole rings is 1. The lowest BCUT2D eigenvalue weighted by molar-refractivity contribution is -0.122. The number of carbonyl (C=O) groups is 1. The van der Waals surface area contributed by atoms with Crippen molar-refractivity contribution in [3.05, 3.63) is 40.3 Å². The van der Waals surface area contributed by atoms with E-state index < -0.39 is 0 Å². The zero-order valence-electron chi connectivity index (χ0n) is 12.3. The Balaban J connectivity index is 1.98. The summed E-state index contributed by atoms with van der Waals surface area (Å²) in [5, 5.41) is 9.01. The van der Waals surface area contributed by atoms with Crippen LogP contribution in [-0.2, 0) is 4.79 Å². The molecule has 1 heterocycles. The second-order valence-electron chi connectivity index (χ2n) is 4.65. The van der Waals surface area contributed by atoms with Gasteiger partial charge < -0.3 is 15.4 Å². The second-order valence-corrected chi connectivity index (χ2v) is 5.71. The SMILES string of the molecule is CNC(=O)COc1cccc(NC(C)c2csc(C)n2)c1. The van der Waals surface area contributed by atoms with Crippen LogP contribution in [0.15, 0.2) is 29.6 Å². The topological polar surface area (TPSA) is 63.2 Å². The van der Waals surface area contributed by atoms with Gasteiger partial charge in [0, 0.05) is 24.2 Å². The van der Waals surface area contributed by atoms with E-state index in [1.165, 1.54) is 0 Å². The third-order valence-electron chi connectivity index (χ3n) is 2.95. The molecule has 0 bridgehead atoms. The molecule has 5 nitrogen and oxygen atoms in total. The number of likely N-dealkylation sites (N-methyl/N-ethyl adjacent to an activating group) is 1. The van der Waals surface area contributed by atoms with Crippen LogP contribution in [0.2, 0.25) is 0 Å². The normalized spacial score (nSPS) is 11.8. The van der Waals surface area contributed by atoms with E-state index in [-0.39, 0.29) is 18.6 Å². The highest BCUT2D eigenvalue weighted by Crippen LogP contribution is 2.23. The van der Waals surface area contributed by atoms with Crippen molar-refractivity contribution < 1.29 is 9.53 Å². The van der Waals surface area contributed by atoms with Gasteiger partial charge in [-0.05, 0) is 26.0 Å². The third kappa shape index (κ3) is 4.46. The lowest BCUT2D eigenvalue weighted by atomic mass is 10.2. The maximum Gasteiger partial charge on any atom is 0.257 e. The molecule has 0 saturated carbocycles. The Morgan fingerprint density at radius 3 is 2.95 bits per heavy atom. The minimum Gasteiger partial charge on any atom is -0.484 e. The molecule has 112 valence electrons. The van der Waals surface area contributed by atoms with Gasteiger partial charge in [0.15, 0.2) is 6.61 Å². The van der Waals surface area contributed by atoms with Crippen molar-refractivity contribution in [1.82, 2.24) is 10.3 Å². The van der Waals surface area contributed by atoms with Crippen molar-refractivity contribution in [2.24, 2.45) is 0 Å². The summed E-state index contributed by atoms with van der Waals surface area (Å²) in [7, 11) is 1.58. The number of hydrogen-bond donors (Lipinski definition) is 2. The van der Waals surface area contributed by atoms with Gasteiger partial charge in [-0.3, -0.25) is 4.79 Å². The zero-order valence-corrected chi connectivity index (χ0v) is 13.2. The molecule has 1 unspecified atom stereocenters. The summed E-state index contributed by atoms with van der Waals surface area (Å²) >= 11 is 1.64. The Morgan fingerprint density at radius 2 is 2.29 bits per heavy atom. The lowest BCUT2D eigenvalue weighted by Crippen LogP contribution is -2.24. The van der Waals surface area contributed by atoms with Crippen molar-refractivity contribution in [3.63, 3.8) is 0 Å². The molecule has 0 fully saturated rings. The summed E-state index contributed by atoms with van der Waals surface area (Å²) in [6.07, 6.45) is 0. The van der Waals surface area contributed by atoms with Gasteiger partial charge in [0.05, 0.1) is 16.7 Å². The summed E-state index contributed by atoms with van der Waals surface area (Å²) in [5.74, 6) is 0.505. The molecule has 0 radical (unpaired) electrons. The molecule has 0 spiro atoms. The molecule has 6 heteroatoms. The molecule has 0 saturated heterocycles. The number of anilines is 1. The zero-order chi connectivity index (χ0) is 15.2. The first-order chi connectivity index (χ1) is 10.1. The number of nitrogens with zero attached hydrogens (tertiary/aromatic N) is 1. The number of aryl methyl sites for hydroxylation is 1.